The van der Waals surface area contributed by atoms with Crippen LogP contribution in [0.3, 0.4) is 0 Å². The number of aromatic nitrogens is 3. The van der Waals surface area contributed by atoms with E-state index in [4.69, 9.17) is 9.40 Å². The summed E-state index contributed by atoms with van der Waals surface area (Å²) in [5.74, 6) is 0.612. The molecule has 4 rings (SSSR count). The molecule has 1 unspecified atom stereocenters. The van der Waals surface area contributed by atoms with Crippen LogP contribution in [0.4, 0.5) is 0 Å². The van der Waals surface area contributed by atoms with Crippen LogP contribution in [0.5, 0.6) is 0 Å². The highest BCUT2D eigenvalue weighted by Crippen LogP contribution is 2.33. The largest absolute Gasteiger partial charge is 0.448 e. The summed E-state index contributed by atoms with van der Waals surface area (Å²) in [6.45, 7) is 8.34. The second-order valence-corrected chi connectivity index (χ2v) is 9.32. The fourth-order valence-electron chi connectivity index (χ4n) is 4.13. The summed E-state index contributed by atoms with van der Waals surface area (Å²) in [7, 11) is 0. The van der Waals surface area contributed by atoms with Crippen molar-refractivity contribution >= 4 is 17.2 Å². The SMILES string of the molecule is CCCCC(CC)NC(=O)c1cc(-c2csc(-c3ccnc(CC)c3)n2)n(-c2ccco2)c1C. The first kappa shape index (κ1) is 24.0. The molecule has 1 atom stereocenters. The molecule has 0 aliphatic rings. The summed E-state index contributed by atoms with van der Waals surface area (Å²) in [5.41, 5.74) is 5.22. The van der Waals surface area contributed by atoms with Crippen molar-refractivity contribution < 1.29 is 9.21 Å². The van der Waals surface area contributed by atoms with E-state index >= 15 is 0 Å². The van der Waals surface area contributed by atoms with Gasteiger partial charge in [0.15, 0.2) is 0 Å². The van der Waals surface area contributed by atoms with Gasteiger partial charge in [-0.2, -0.15) is 0 Å². The van der Waals surface area contributed by atoms with Crippen molar-refractivity contribution in [3.05, 3.63) is 65.1 Å². The molecule has 0 radical (unpaired) electrons. The predicted molar refractivity (Wildman–Crippen MR) is 138 cm³/mol. The number of amides is 1. The lowest BCUT2D eigenvalue weighted by molar-refractivity contribution is 0.0932. The number of nitrogens with one attached hydrogen (secondary N) is 1. The molecule has 0 saturated carbocycles. The zero-order valence-corrected chi connectivity index (χ0v) is 21.1. The molecule has 0 saturated heterocycles. The average molecular weight is 477 g/mol. The van der Waals surface area contributed by atoms with Gasteiger partial charge in [0, 0.05) is 40.6 Å². The van der Waals surface area contributed by atoms with E-state index in [-0.39, 0.29) is 11.9 Å². The first-order valence-electron chi connectivity index (χ1n) is 12.0. The first-order valence-corrected chi connectivity index (χ1v) is 12.9. The maximum Gasteiger partial charge on any atom is 0.253 e. The second-order valence-electron chi connectivity index (χ2n) is 8.46. The van der Waals surface area contributed by atoms with Crippen LogP contribution in [0.2, 0.25) is 0 Å². The third-order valence-corrected chi connectivity index (χ3v) is 7.04. The van der Waals surface area contributed by atoms with Crippen molar-refractivity contribution in [2.24, 2.45) is 0 Å². The molecule has 0 aromatic carbocycles. The lowest BCUT2D eigenvalue weighted by atomic mass is 10.1. The molecule has 0 spiro atoms. The number of rotatable bonds is 10. The fourth-order valence-corrected chi connectivity index (χ4v) is 4.94. The van der Waals surface area contributed by atoms with E-state index in [0.717, 1.165) is 65.5 Å². The van der Waals surface area contributed by atoms with Crippen molar-refractivity contribution in [2.75, 3.05) is 0 Å². The Morgan fingerprint density at radius 2 is 2.09 bits per heavy atom. The molecule has 4 aromatic heterocycles. The number of carbonyl (C=O) groups excluding carboxylic acids is 1. The maximum absolute atomic E-state index is 13.3. The van der Waals surface area contributed by atoms with Crippen LogP contribution in [-0.4, -0.2) is 26.5 Å². The van der Waals surface area contributed by atoms with Crippen LogP contribution in [0.15, 0.2) is 52.6 Å². The molecule has 7 heteroatoms. The first-order chi connectivity index (χ1) is 16.5. The number of carbonyl (C=O) groups is 1. The van der Waals surface area contributed by atoms with Gasteiger partial charge in [-0.1, -0.05) is 33.6 Å². The summed E-state index contributed by atoms with van der Waals surface area (Å²) in [5, 5.41) is 6.19. The van der Waals surface area contributed by atoms with Gasteiger partial charge in [-0.05, 0) is 50.5 Å². The number of thiazole rings is 1. The zero-order valence-electron chi connectivity index (χ0n) is 20.3. The molecule has 6 nitrogen and oxygen atoms in total. The minimum Gasteiger partial charge on any atom is -0.448 e. The van der Waals surface area contributed by atoms with Crippen LogP contribution >= 0.6 is 11.3 Å². The Morgan fingerprint density at radius 1 is 1.24 bits per heavy atom. The minimum absolute atomic E-state index is 0.0517. The molecule has 34 heavy (non-hydrogen) atoms. The molecule has 1 N–H and O–H groups in total. The smallest absolute Gasteiger partial charge is 0.253 e. The number of hydrogen-bond acceptors (Lipinski definition) is 5. The van der Waals surface area contributed by atoms with Gasteiger partial charge < -0.3 is 9.73 Å². The third kappa shape index (κ3) is 4.99. The lowest BCUT2D eigenvalue weighted by Crippen LogP contribution is -2.34. The third-order valence-electron chi connectivity index (χ3n) is 6.14. The van der Waals surface area contributed by atoms with Crippen LogP contribution in [-0.2, 0) is 6.42 Å². The Balaban J connectivity index is 1.72. The number of pyridine rings is 1. The number of aryl methyl sites for hydroxylation is 1. The van der Waals surface area contributed by atoms with Gasteiger partial charge in [-0.25, -0.2) is 4.98 Å². The van der Waals surface area contributed by atoms with Gasteiger partial charge in [-0.15, -0.1) is 11.3 Å². The molecular formula is C27H32N4O2S. The van der Waals surface area contributed by atoms with Crippen LogP contribution in [0.25, 0.3) is 27.8 Å². The van der Waals surface area contributed by atoms with Gasteiger partial charge in [0.05, 0.1) is 23.2 Å². The summed E-state index contributed by atoms with van der Waals surface area (Å²) in [6.07, 6.45) is 8.48. The Bertz CT molecular complexity index is 1240. The van der Waals surface area contributed by atoms with Crippen LogP contribution in [0, 0.1) is 6.92 Å². The summed E-state index contributed by atoms with van der Waals surface area (Å²) in [4.78, 5) is 22.6. The number of unbranched alkanes of at least 4 members (excludes halogenated alkanes) is 1. The molecule has 4 heterocycles. The Labute approximate surface area is 205 Å². The monoisotopic (exact) mass is 476 g/mol. The number of furan rings is 1. The van der Waals surface area contributed by atoms with Gasteiger partial charge in [-0.3, -0.25) is 14.3 Å². The Kier molecular flexibility index (Phi) is 7.63. The lowest BCUT2D eigenvalue weighted by Gasteiger charge is -2.16. The maximum atomic E-state index is 13.3. The molecule has 0 fully saturated rings. The number of hydrogen-bond donors (Lipinski definition) is 1. The molecule has 178 valence electrons. The average Bonchev–Trinajstić information content (AvgIpc) is 3.61. The van der Waals surface area contributed by atoms with E-state index in [1.807, 2.05) is 47.3 Å². The van der Waals surface area contributed by atoms with E-state index in [9.17, 15) is 4.79 Å². The minimum atomic E-state index is -0.0517. The van der Waals surface area contributed by atoms with E-state index < -0.39 is 0 Å². The predicted octanol–water partition coefficient (Wildman–Crippen LogP) is 6.83. The van der Waals surface area contributed by atoms with E-state index in [1.165, 1.54) is 0 Å². The van der Waals surface area contributed by atoms with Crippen molar-refractivity contribution in [1.29, 1.82) is 0 Å². The Morgan fingerprint density at radius 3 is 2.79 bits per heavy atom. The highest BCUT2D eigenvalue weighted by atomic mass is 32.1. The Hall–Kier alpha value is -3.19. The quantitative estimate of drug-likeness (QED) is 0.272. The summed E-state index contributed by atoms with van der Waals surface area (Å²) >= 11 is 1.59. The molecule has 0 bridgehead atoms. The summed E-state index contributed by atoms with van der Waals surface area (Å²) in [6, 6.07) is 9.93. The van der Waals surface area contributed by atoms with E-state index in [2.05, 4.69) is 37.1 Å². The van der Waals surface area contributed by atoms with Gasteiger partial charge >= 0.3 is 0 Å². The fraction of sp³-hybridized carbons (Fsp3) is 0.370. The van der Waals surface area contributed by atoms with Gasteiger partial charge in [0.1, 0.15) is 5.01 Å². The topological polar surface area (TPSA) is 73.0 Å². The number of nitrogens with zero attached hydrogens (tertiary/aromatic N) is 3. The van der Waals surface area contributed by atoms with Crippen molar-refractivity contribution in [1.82, 2.24) is 19.9 Å². The van der Waals surface area contributed by atoms with Crippen molar-refractivity contribution in [3.8, 4) is 27.8 Å². The highest BCUT2D eigenvalue weighted by molar-refractivity contribution is 7.13. The molecule has 0 aliphatic heterocycles. The highest BCUT2D eigenvalue weighted by Gasteiger charge is 2.23. The molecule has 1 amide bonds. The van der Waals surface area contributed by atoms with Gasteiger partial charge in [0.2, 0.25) is 5.88 Å². The van der Waals surface area contributed by atoms with Gasteiger partial charge in [0.25, 0.3) is 5.91 Å². The van der Waals surface area contributed by atoms with Crippen molar-refractivity contribution in [3.63, 3.8) is 0 Å². The zero-order chi connectivity index (χ0) is 24.1. The van der Waals surface area contributed by atoms with E-state index in [1.54, 1.807) is 17.6 Å². The molecule has 4 aromatic rings. The van der Waals surface area contributed by atoms with Crippen molar-refractivity contribution in [2.45, 2.75) is 65.8 Å². The standard InChI is InChI=1S/C27H32N4O2S/c1-5-8-10-20(6-2)29-26(32)22-16-24(31(18(22)4)25-11-9-14-33-25)23-17-34-27(30-23)19-12-13-28-21(7-3)15-19/h9,11-17,20H,5-8,10H2,1-4H3,(H,29,32). The van der Waals surface area contributed by atoms with Crippen LogP contribution in [0.1, 0.15) is 68.2 Å². The normalized spacial score (nSPS) is 12.1. The van der Waals surface area contributed by atoms with Crippen LogP contribution < -0.4 is 5.32 Å². The summed E-state index contributed by atoms with van der Waals surface area (Å²) < 4.78 is 7.71. The van der Waals surface area contributed by atoms with E-state index in [0.29, 0.717) is 11.4 Å². The molecular weight excluding hydrogens is 444 g/mol. The second kappa shape index (κ2) is 10.8. The molecule has 0 aliphatic carbocycles.